The molecule has 0 N–H and O–H groups in total. The summed E-state index contributed by atoms with van der Waals surface area (Å²) in [5, 5.41) is 0. The van der Waals surface area contributed by atoms with Gasteiger partial charge in [-0.15, -0.1) is 0 Å². The molecule has 0 unspecified atom stereocenters. The van der Waals surface area contributed by atoms with Crippen molar-refractivity contribution in [3.05, 3.63) is 10.2 Å². The van der Waals surface area contributed by atoms with Gasteiger partial charge in [0.05, 0.1) is 6.61 Å². The van der Waals surface area contributed by atoms with E-state index in [-0.39, 0.29) is 17.0 Å². The molecule has 1 fully saturated rings. The van der Waals surface area contributed by atoms with Crippen LogP contribution in [0.4, 0.5) is 13.2 Å². The van der Waals surface area contributed by atoms with Crippen LogP contribution in [-0.2, 0) is 4.74 Å². The number of hydrogen-bond donors (Lipinski definition) is 0. The molecule has 1 aliphatic carbocycles. The smallest absolute Gasteiger partial charge is 0.449 e. The zero-order chi connectivity index (χ0) is 12.2. The average Bonchev–Trinajstić information content (AvgIpc) is 2.25. The lowest BCUT2D eigenvalue weighted by atomic mass is 9.88. The van der Waals surface area contributed by atoms with Crippen molar-refractivity contribution in [3.63, 3.8) is 0 Å². The number of ether oxygens (including phenoxy) is 1. The monoisotopic (exact) mass is 300 g/mol. The van der Waals surface area contributed by atoms with E-state index in [0.29, 0.717) is 0 Å². The molecule has 1 rings (SSSR count). The van der Waals surface area contributed by atoms with Crippen LogP contribution in [0.3, 0.4) is 0 Å². The van der Waals surface area contributed by atoms with E-state index in [9.17, 15) is 13.2 Å². The fourth-order valence-corrected chi connectivity index (χ4v) is 2.77. The van der Waals surface area contributed by atoms with E-state index >= 15 is 0 Å². The summed E-state index contributed by atoms with van der Waals surface area (Å²) in [7, 11) is 0. The van der Waals surface area contributed by atoms with Crippen molar-refractivity contribution < 1.29 is 17.9 Å². The predicted octanol–water partition coefficient (Wildman–Crippen LogP) is 4.77. The van der Waals surface area contributed by atoms with Gasteiger partial charge in [0.2, 0.25) is 5.76 Å². The maximum atomic E-state index is 12.7. The maximum absolute atomic E-state index is 12.7. The van der Waals surface area contributed by atoms with E-state index in [2.05, 4.69) is 15.9 Å². The number of rotatable bonds is 3. The van der Waals surface area contributed by atoms with Crippen LogP contribution in [0.2, 0.25) is 0 Å². The molecule has 0 aromatic rings. The SMILES string of the molecule is CCO/C(=C(\Br)C1CCCCC1)C(F)(F)F. The first kappa shape index (κ1) is 13.9. The van der Waals surface area contributed by atoms with E-state index in [0.717, 1.165) is 32.1 Å². The Balaban J connectivity index is 2.86. The molecule has 0 aromatic carbocycles. The Labute approximate surface area is 102 Å². The summed E-state index contributed by atoms with van der Waals surface area (Å²) in [6.07, 6.45) is 0.341. The van der Waals surface area contributed by atoms with Crippen molar-refractivity contribution >= 4 is 15.9 Å². The van der Waals surface area contributed by atoms with Crippen molar-refractivity contribution in [2.24, 2.45) is 5.92 Å². The molecule has 1 nitrogen and oxygen atoms in total. The summed E-state index contributed by atoms with van der Waals surface area (Å²) in [5.41, 5.74) is 0. The van der Waals surface area contributed by atoms with Crippen LogP contribution in [0.5, 0.6) is 0 Å². The van der Waals surface area contributed by atoms with Gasteiger partial charge in [-0.1, -0.05) is 35.2 Å². The third kappa shape index (κ3) is 3.68. The van der Waals surface area contributed by atoms with Crippen molar-refractivity contribution in [1.82, 2.24) is 0 Å². The number of alkyl halides is 3. The van der Waals surface area contributed by atoms with E-state index in [4.69, 9.17) is 4.74 Å². The molecule has 0 atom stereocenters. The zero-order valence-electron chi connectivity index (χ0n) is 9.24. The van der Waals surface area contributed by atoms with Crippen LogP contribution in [0.15, 0.2) is 10.2 Å². The van der Waals surface area contributed by atoms with Crippen molar-refractivity contribution in [2.45, 2.75) is 45.2 Å². The minimum Gasteiger partial charge on any atom is -0.489 e. The molecule has 5 heteroatoms. The third-order valence-electron chi connectivity index (χ3n) is 2.73. The van der Waals surface area contributed by atoms with Crippen molar-refractivity contribution in [1.29, 1.82) is 0 Å². The molecule has 94 valence electrons. The molecule has 0 aliphatic heterocycles. The number of hydrogen-bond acceptors (Lipinski definition) is 1. The Morgan fingerprint density at radius 2 is 1.81 bits per heavy atom. The summed E-state index contributed by atoms with van der Waals surface area (Å²) in [6.45, 7) is 1.60. The molecule has 0 spiro atoms. The van der Waals surface area contributed by atoms with Crippen LogP contribution >= 0.6 is 15.9 Å². The largest absolute Gasteiger partial charge is 0.489 e. The minimum atomic E-state index is -4.40. The normalized spacial score (nSPS) is 20.6. The molecule has 0 saturated heterocycles. The molecule has 0 amide bonds. The highest BCUT2D eigenvalue weighted by Gasteiger charge is 2.39. The number of halogens is 4. The molecular formula is C11H16BrF3O. The Morgan fingerprint density at radius 3 is 2.25 bits per heavy atom. The molecule has 0 aromatic heterocycles. The first-order valence-corrected chi connectivity index (χ1v) is 6.35. The highest BCUT2D eigenvalue weighted by atomic mass is 79.9. The van der Waals surface area contributed by atoms with Gasteiger partial charge in [0.1, 0.15) is 0 Å². The maximum Gasteiger partial charge on any atom is 0.449 e. The molecule has 0 radical (unpaired) electrons. The molecule has 0 bridgehead atoms. The highest BCUT2D eigenvalue weighted by molar-refractivity contribution is 9.11. The third-order valence-corrected chi connectivity index (χ3v) is 3.73. The van der Waals surface area contributed by atoms with Gasteiger partial charge in [0.25, 0.3) is 0 Å². The Kier molecular flexibility index (Phi) is 5.15. The summed E-state index contributed by atoms with van der Waals surface area (Å²) >= 11 is 3.08. The van der Waals surface area contributed by atoms with Crippen molar-refractivity contribution in [3.8, 4) is 0 Å². The van der Waals surface area contributed by atoms with Gasteiger partial charge in [0, 0.05) is 4.48 Å². The standard InChI is InChI=1S/C11H16BrF3O/c1-2-16-10(11(13,14)15)9(12)8-6-4-3-5-7-8/h8H,2-7H2,1H3/b10-9-. The molecule has 1 saturated carbocycles. The second kappa shape index (κ2) is 5.94. The Hall–Kier alpha value is -0.190. The predicted molar refractivity (Wildman–Crippen MR) is 60.2 cm³/mol. The van der Waals surface area contributed by atoms with Crippen LogP contribution in [-0.4, -0.2) is 12.8 Å². The topological polar surface area (TPSA) is 9.23 Å². The zero-order valence-corrected chi connectivity index (χ0v) is 10.8. The van der Waals surface area contributed by atoms with Gasteiger partial charge in [-0.3, -0.25) is 0 Å². The Morgan fingerprint density at radius 1 is 1.25 bits per heavy atom. The number of allylic oxidation sites excluding steroid dienone is 2. The highest BCUT2D eigenvalue weighted by Crippen LogP contribution is 2.40. The van der Waals surface area contributed by atoms with Crippen molar-refractivity contribution in [2.75, 3.05) is 6.61 Å². The van der Waals surface area contributed by atoms with Gasteiger partial charge in [-0.25, -0.2) is 0 Å². The van der Waals surface area contributed by atoms with E-state index in [1.807, 2.05) is 0 Å². The van der Waals surface area contributed by atoms with E-state index < -0.39 is 11.9 Å². The lowest BCUT2D eigenvalue weighted by Crippen LogP contribution is -2.19. The first-order chi connectivity index (χ1) is 7.46. The second-order valence-electron chi connectivity index (χ2n) is 3.94. The lowest BCUT2D eigenvalue weighted by Gasteiger charge is -2.24. The second-order valence-corrected chi connectivity index (χ2v) is 4.80. The molecule has 16 heavy (non-hydrogen) atoms. The van der Waals surface area contributed by atoms with Gasteiger partial charge in [-0.05, 0) is 25.7 Å². The van der Waals surface area contributed by atoms with Gasteiger partial charge in [-0.2, -0.15) is 13.2 Å². The summed E-state index contributed by atoms with van der Waals surface area (Å²) in [5.74, 6) is -0.876. The molecular weight excluding hydrogens is 285 g/mol. The van der Waals surface area contributed by atoms with Crippen LogP contribution in [0, 0.1) is 5.92 Å². The lowest BCUT2D eigenvalue weighted by molar-refractivity contribution is -0.131. The van der Waals surface area contributed by atoms with Crippen LogP contribution in [0.25, 0.3) is 0 Å². The van der Waals surface area contributed by atoms with Gasteiger partial charge in [0.15, 0.2) is 0 Å². The summed E-state index contributed by atoms with van der Waals surface area (Å²) in [6, 6.07) is 0. The van der Waals surface area contributed by atoms with Gasteiger partial charge >= 0.3 is 6.18 Å². The van der Waals surface area contributed by atoms with Crippen LogP contribution < -0.4 is 0 Å². The average molecular weight is 301 g/mol. The fourth-order valence-electron chi connectivity index (χ4n) is 1.97. The quantitative estimate of drug-likeness (QED) is 0.682. The molecule has 0 heterocycles. The van der Waals surface area contributed by atoms with Crippen LogP contribution in [0.1, 0.15) is 39.0 Å². The van der Waals surface area contributed by atoms with E-state index in [1.54, 1.807) is 6.92 Å². The Bertz CT molecular complexity index is 254. The molecule has 1 aliphatic rings. The summed E-state index contributed by atoms with van der Waals surface area (Å²) < 4.78 is 43.0. The van der Waals surface area contributed by atoms with E-state index in [1.165, 1.54) is 0 Å². The fraction of sp³-hybridized carbons (Fsp3) is 0.818. The van der Waals surface area contributed by atoms with Gasteiger partial charge < -0.3 is 4.74 Å². The minimum absolute atomic E-state index is 0.0306. The summed E-state index contributed by atoms with van der Waals surface area (Å²) in [4.78, 5) is 0. The first-order valence-electron chi connectivity index (χ1n) is 5.56.